The van der Waals surface area contributed by atoms with Gasteiger partial charge in [-0.25, -0.2) is 8.42 Å². The summed E-state index contributed by atoms with van der Waals surface area (Å²) >= 11 is 0. The molecule has 2 aromatic carbocycles. The van der Waals surface area contributed by atoms with E-state index in [4.69, 9.17) is 4.74 Å². The van der Waals surface area contributed by atoms with Gasteiger partial charge in [0.1, 0.15) is 0 Å². The Balaban J connectivity index is 1.30. The Bertz CT molecular complexity index is 1010. The molecule has 1 aliphatic heterocycles. The summed E-state index contributed by atoms with van der Waals surface area (Å²) in [6, 6.07) is 15.7. The van der Waals surface area contributed by atoms with Crippen LogP contribution < -0.4 is 5.32 Å². The lowest BCUT2D eigenvalue weighted by Crippen LogP contribution is -2.40. The lowest BCUT2D eigenvalue weighted by atomic mass is 10.1. The fraction of sp³-hybridized carbons (Fsp3) is 0.458. The molecule has 0 atom stereocenters. The fourth-order valence-electron chi connectivity index (χ4n) is 3.84. The van der Waals surface area contributed by atoms with E-state index < -0.39 is 10.0 Å². The van der Waals surface area contributed by atoms with Crippen LogP contribution in [-0.4, -0.2) is 62.4 Å². The van der Waals surface area contributed by atoms with E-state index in [-0.39, 0.29) is 10.8 Å². The van der Waals surface area contributed by atoms with E-state index >= 15 is 0 Å². The first-order valence-electron chi connectivity index (χ1n) is 11.1. The first-order valence-corrected chi connectivity index (χ1v) is 12.6. The molecule has 1 saturated carbocycles. The number of sulfonamides is 1. The summed E-state index contributed by atoms with van der Waals surface area (Å²) in [4.78, 5) is 15.1. The number of ether oxygens (including phenoxy) is 1. The van der Waals surface area contributed by atoms with Crippen molar-refractivity contribution in [3.8, 4) is 0 Å². The van der Waals surface area contributed by atoms with E-state index in [1.54, 1.807) is 24.3 Å². The smallest absolute Gasteiger partial charge is 0.243 e. The van der Waals surface area contributed by atoms with Gasteiger partial charge in [-0.1, -0.05) is 42.0 Å². The van der Waals surface area contributed by atoms with E-state index in [1.807, 2.05) is 0 Å². The molecule has 0 spiro atoms. The van der Waals surface area contributed by atoms with E-state index in [0.29, 0.717) is 45.4 Å². The number of morpholine rings is 1. The lowest BCUT2D eigenvalue weighted by molar-refractivity contribution is -0.122. The molecule has 172 valence electrons. The molecule has 4 rings (SSSR count). The van der Waals surface area contributed by atoms with Crippen molar-refractivity contribution in [2.75, 3.05) is 32.8 Å². The largest absolute Gasteiger partial charge is 0.379 e. The molecule has 0 unspecified atom stereocenters. The molecular weight excluding hydrogens is 426 g/mol. The third-order valence-electron chi connectivity index (χ3n) is 5.94. The van der Waals surface area contributed by atoms with Crippen molar-refractivity contribution in [2.45, 2.75) is 43.8 Å². The number of amides is 1. The quantitative estimate of drug-likeness (QED) is 0.625. The maximum atomic E-state index is 12.7. The first-order chi connectivity index (χ1) is 15.4. The van der Waals surface area contributed by atoms with Gasteiger partial charge in [-0.3, -0.25) is 9.69 Å². The summed E-state index contributed by atoms with van der Waals surface area (Å²) in [6.45, 7) is 5.17. The molecule has 8 heteroatoms. The van der Waals surface area contributed by atoms with Crippen LogP contribution in [0.5, 0.6) is 0 Å². The molecule has 1 heterocycles. The molecule has 32 heavy (non-hydrogen) atoms. The van der Waals surface area contributed by atoms with Crippen LogP contribution in [-0.2, 0) is 32.6 Å². The lowest BCUT2D eigenvalue weighted by Gasteiger charge is -2.26. The van der Waals surface area contributed by atoms with Crippen molar-refractivity contribution in [3.63, 3.8) is 0 Å². The monoisotopic (exact) mass is 457 g/mol. The first kappa shape index (κ1) is 22.9. The summed E-state index contributed by atoms with van der Waals surface area (Å²) in [6.07, 6.45) is 2.27. The Morgan fingerprint density at radius 2 is 1.66 bits per heavy atom. The number of hydrogen-bond acceptors (Lipinski definition) is 5. The number of carbonyl (C=O) groups excluding carboxylic acids is 1. The third kappa shape index (κ3) is 5.95. The number of aryl methyl sites for hydroxylation is 1. The molecular formula is C24H31N3O4S. The minimum Gasteiger partial charge on any atom is -0.379 e. The summed E-state index contributed by atoms with van der Waals surface area (Å²) in [5.74, 6) is -0.0194. The summed E-state index contributed by atoms with van der Waals surface area (Å²) in [5.41, 5.74) is 3.32. The Hall–Kier alpha value is -2.26. The fourth-order valence-corrected chi connectivity index (χ4v) is 5.25. The molecule has 0 radical (unpaired) electrons. The van der Waals surface area contributed by atoms with Gasteiger partial charge in [-0.2, -0.15) is 4.31 Å². The highest BCUT2D eigenvalue weighted by atomic mass is 32.2. The molecule has 1 amide bonds. The van der Waals surface area contributed by atoms with Crippen molar-refractivity contribution in [3.05, 3.63) is 65.2 Å². The standard InChI is InChI=1S/C24H31N3O4S/c1-19-2-4-21(5-3-19)17-26(22-8-9-22)18-24(28)25-16-20-6-10-23(11-7-20)32(29,30)27-12-14-31-15-13-27/h2-7,10-11,22H,8-9,12-18H2,1H3,(H,25,28). The number of carbonyl (C=O) groups is 1. The van der Waals surface area contributed by atoms with Gasteiger partial charge in [0.15, 0.2) is 0 Å². The number of benzene rings is 2. The van der Waals surface area contributed by atoms with Crippen LogP contribution in [0.25, 0.3) is 0 Å². The van der Waals surface area contributed by atoms with Crippen molar-refractivity contribution in [1.82, 2.24) is 14.5 Å². The second-order valence-corrected chi connectivity index (χ2v) is 10.5. The highest BCUT2D eigenvalue weighted by Gasteiger charge is 2.30. The van der Waals surface area contributed by atoms with E-state index in [1.165, 1.54) is 15.4 Å². The number of nitrogens with zero attached hydrogens (tertiary/aromatic N) is 2. The Labute approximate surface area is 190 Å². The Morgan fingerprint density at radius 3 is 2.28 bits per heavy atom. The summed E-state index contributed by atoms with van der Waals surface area (Å²) in [7, 11) is -3.50. The van der Waals surface area contributed by atoms with Gasteiger partial charge >= 0.3 is 0 Å². The molecule has 2 aliphatic rings. The predicted molar refractivity (Wildman–Crippen MR) is 122 cm³/mol. The summed E-state index contributed by atoms with van der Waals surface area (Å²) in [5, 5.41) is 2.97. The third-order valence-corrected chi connectivity index (χ3v) is 7.85. The van der Waals surface area contributed by atoms with Gasteiger partial charge in [0.2, 0.25) is 15.9 Å². The van der Waals surface area contributed by atoms with Crippen molar-refractivity contribution < 1.29 is 17.9 Å². The van der Waals surface area contributed by atoms with Crippen LogP contribution in [0.15, 0.2) is 53.4 Å². The van der Waals surface area contributed by atoms with Crippen molar-refractivity contribution in [1.29, 1.82) is 0 Å². The van der Waals surface area contributed by atoms with Crippen LogP contribution in [0.3, 0.4) is 0 Å². The second kappa shape index (κ2) is 10.1. The molecule has 1 N–H and O–H groups in total. The van der Waals surface area contributed by atoms with Crippen molar-refractivity contribution >= 4 is 15.9 Å². The van der Waals surface area contributed by atoms with Gasteiger partial charge in [-0.05, 0) is 43.0 Å². The predicted octanol–water partition coefficient (Wildman–Crippen LogP) is 2.30. The molecule has 0 bridgehead atoms. The highest BCUT2D eigenvalue weighted by Crippen LogP contribution is 2.28. The van der Waals surface area contributed by atoms with Gasteiger partial charge < -0.3 is 10.1 Å². The van der Waals surface area contributed by atoms with Crippen LogP contribution in [0.4, 0.5) is 0 Å². The summed E-state index contributed by atoms with van der Waals surface area (Å²) < 4.78 is 32.1. The second-order valence-electron chi connectivity index (χ2n) is 8.56. The molecule has 1 aliphatic carbocycles. The highest BCUT2D eigenvalue weighted by molar-refractivity contribution is 7.89. The molecule has 0 aromatic heterocycles. The zero-order valence-electron chi connectivity index (χ0n) is 18.5. The maximum Gasteiger partial charge on any atom is 0.243 e. The van der Waals surface area contributed by atoms with E-state index in [9.17, 15) is 13.2 Å². The number of hydrogen-bond donors (Lipinski definition) is 1. The number of rotatable bonds is 9. The zero-order valence-corrected chi connectivity index (χ0v) is 19.3. The molecule has 7 nitrogen and oxygen atoms in total. The number of nitrogens with one attached hydrogen (secondary N) is 1. The van der Waals surface area contributed by atoms with Gasteiger partial charge in [0, 0.05) is 32.2 Å². The van der Waals surface area contributed by atoms with Crippen LogP contribution in [0, 0.1) is 6.92 Å². The van der Waals surface area contributed by atoms with Crippen molar-refractivity contribution in [2.24, 2.45) is 0 Å². The minimum absolute atomic E-state index is 0.0194. The minimum atomic E-state index is -3.50. The van der Waals surface area contributed by atoms with Crippen LogP contribution >= 0.6 is 0 Å². The van der Waals surface area contributed by atoms with E-state index in [0.717, 1.165) is 24.9 Å². The zero-order chi connectivity index (χ0) is 22.6. The molecule has 2 aromatic rings. The SMILES string of the molecule is Cc1ccc(CN(CC(=O)NCc2ccc(S(=O)(=O)N3CCOCC3)cc2)C2CC2)cc1. The Kier molecular flexibility index (Phi) is 7.25. The average molecular weight is 458 g/mol. The van der Waals surface area contributed by atoms with Gasteiger partial charge in [0.25, 0.3) is 0 Å². The van der Waals surface area contributed by atoms with E-state index in [2.05, 4.69) is 41.4 Å². The molecule has 2 fully saturated rings. The van der Waals surface area contributed by atoms with Crippen LogP contribution in [0.1, 0.15) is 29.5 Å². The molecule has 1 saturated heterocycles. The van der Waals surface area contributed by atoms with Gasteiger partial charge in [0.05, 0.1) is 24.7 Å². The van der Waals surface area contributed by atoms with Gasteiger partial charge in [-0.15, -0.1) is 0 Å². The van der Waals surface area contributed by atoms with Crippen LogP contribution in [0.2, 0.25) is 0 Å². The topological polar surface area (TPSA) is 79.0 Å². The average Bonchev–Trinajstić information content (AvgIpc) is 3.65. The normalized spacial score (nSPS) is 17.4. The Morgan fingerprint density at radius 1 is 1.03 bits per heavy atom. The maximum absolute atomic E-state index is 12.7.